The summed E-state index contributed by atoms with van der Waals surface area (Å²) < 4.78 is 31.6. The molecule has 4 aromatic rings. The molecule has 1 saturated carbocycles. The summed E-state index contributed by atoms with van der Waals surface area (Å²) in [6.45, 7) is 6.72. The minimum atomic E-state index is -0.666. The van der Waals surface area contributed by atoms with Crippen LogP contribution in [0.25, 0.3) is 16.9 Å². The molecule has 1 aromatic carbocycles. The molecule has 0 bridgehead atoms. The number of pyridine rings is 1. The second-order valence-electron chi connectivity index (χ2n) is 10.5. The third-order valence-corrected chi connectivity index (χ3v) is 7.65. The quantitative estimate of drug-likeness (QED) is 0.407. The fourth-order valence-electron chi connectivity index (χ4n) is 5.30. The van der Waals surface area contributed by atoms with Crippen LogP contribution >= 0.6 is 0 Å². The first-order valence-electron chi connectivity index (χ1n) is 12.6. The van der Waals surface area contributed by atoms with Gasteiger partial charge in [-0.05, 0) is 82.0 Å². The molecule has 1 aliphatic heterocycles. The molecule has 37 heavy (non-hydrogen) atoms. The van der Waals surface area contributed by atoms with Gasteiger partial charge in [0.2, 0.25) is 5.95 Å². The fraction of sp³-hybridized carbons (Fsp3) is 0.407. The van der Waals surface area contributed by atoms with Gasteiger partial charge >= 0.3 is 0 Å². The van der Waals surface area contributed by atoms with Gasteiger partial charge in [-0.15, -0.1) is 0 Å². The molecule has 0 atom stereocenters. The normalized spacial score (nSPS) is 17.5. The molecule has 3 aromatic heterocycles. The summed E-state index contributed by atoms with van der Waals surface area (Å²) in [6.07, 6.45) is 3.69. The van der Waals surface area contributed by atoms with E-state index in [1.807, 2.05) is 6.07 Å². The van der Waals surface area contributed by atoms with E-state index in [1.165, 1.54) is 38.8 Å². The maximum absolute atomic E-state index is 15.1. The number of nitrogens with one attached hydrogen (secondary N) is 2. The lowest BCUT2D eigenvalue weighted by Crippen LogP contribution is -2.42. The molecule has 1 aliphatic carbocycles. The van der Waals surface area contributed by atoms with E-state index in [2.05, 4.69) is 51.6 Å². The molecule has 0 radical (unpaired) electrons. The summed E-state index contributed by atoms with van der Waals surface area (Å²) in [6, 6.07) is 8.97. The highest BCUT2D eigenvalue weighted by atomic mass is 19.1. The van der Waals surface area contributed by atoms with Gasteiger partial charge in [0.15, 0.2) is 17.3 Å². The van der Waals surface area contributed by atoms with Crippen LogP contribution in [0, 0.1) is 5.82 Å². The van der Waals surface area contributed by atoms with Crippen molar-refractivity contribution in [2.24, 2.45) is 0 Å². The third-order valence-electron chi connectivity index (χ3n) is 7.65. The zero-order chi connectivity index (χ0) is 25.9. The zero-order valence-corrected chi connectivity index (χ0v) is 21.1. The largest absolute Gasteiger partial charge is 0.324 e. The van der Waals surface area contributed by atoms with Crippen molar-refractivity contribution in [2.75, 3.05) is 18.5 Å². The van der Waals surface area contributed by atoms with E-state index < -0.39 is 17.9 Å². The minimum Gasteiger partial charge on any atom is -0.324 e. The smallest absolute Gasteiger partial charge is 0.278 e. The molecule has 1 fully saturated rings. The number of benzene rings is 1. The lowest BCUT2D eigenvalue weighted by Gasteiger charge is -2.34. The Balaban J connectivity index is 1.44. The minimum absolute atomic E-state index is 0.0701. The standard InChI is InChI=1S/C27H29F2N7O/c1-4-35-24(37)18-14-30-25(32-17-5-6-19-16(13-17)9-12-31-26(19,2)3)34-22(18)36(35)23-20(29)7-8-21(33-23)27(15-28)10-11-27/h5-8,13-14,31H,4,9-12,15H2,1-3H3,(H,30,32,34). The summed E-state index contributed by atoms with van der Waals surface area (Å²) in [4.78, 5) is 26.6. The first kappa shape index (κ1) is 23.7. The molecule has 0 amide bonds. The van der Waals surface area contributed by atoms with E-state index >= 15 is 4.39 Å². The van der Waals surface area contributed by atoms with E-state index in [-0.39, 0.29) is 40.4 Å². The van der Waals surface area contributed by atoms with Gasteiger partial charge in [-0.3, -0.25) is 9.18 Å². The van der Waals surface area contributed by atoms with E-state index in [0.717, 1.165) is 18.7 Å². The van der Waals surface area contributed by atoms with Crippen molar-refractivity contribution in [1.82, 2.24) is 29.6 Å². The second-order valence-corrected chi connectivity index (χ2v) is 10.5. The molecule has 8 nitrogen and oxygen atoms in total. The summed E-state index contributed by atoms with van der Waals surface area (Å²) in [5.74, 6) is -0.405. The number of rotatable bonds is 6. The summed E-state index contributed by atoms with van der Waals surface area (Å²) in [7, 11) is 0. The summed E-state index contributed by atoms with van der Waals surface area (Å²) >= 11 is 0. The molecule has 10 heteroatoms. The number of hydrogen-bond acceptors (Lipinski definition) is 6. The van der Waals surface area contributed by atoms with Crippen LogP contribution in [0.4, 0.5) is 20.4 Å². The second kappa shape index (κ2) is 8.44. The van der Waals surface area contributed by atoms with E-state index in [1.54, 1.807) is 6.92 Å². The van der Waals surface area contributed by atoms with Crippen LogP contribution in [0.5, 0.6) is 0 Å². The van der Waals surface area contributed by atoms with E-state index in [9.17, 15) is 9.18 Å². The number of nitrogens with zero attached hydrogens (tertiary/aromatic N) is 5. The SMILES string of the molecule is CCn1c(=O)c2cnc(Nc3ccc4c(c3)CCNC4(C)C)nc2n1-c1nc(C2(CF)CC2)ccc1F. The summed E-state index contributed by atoms with van der Waals surface area (Å²) in [5, 5.41) is 7.02. The highest BCUT2D eigenvalue weighted by Crippen LogP contribution is 2.48. The molecule has 4 heterocycles. The van der Waals surface area contributed by atoms with Gasteiger partial charge in [0.1, 0.15) is 12.1 Å². The molecule has 0 spiro atoms. The maximum atomic E-state index is 15.1. The van der Waals surface area contributed by atoms with Crippen molar-refractivity contribution in [3.05, 3.63) is 69.5 Å². The van der Waals surface area contributed by atoms with Crippen LogP contribution in [-0.2, 0) is 23.9 Å². The highest BCUT2D eigenvalue weighted by Gasteiger charge is 2.46. The lowest BCUT2D eigenvalue weighted by molar-refractivity contribution is 0.382. The molecule has 0 unspecified atom stereocenters. The number of anilines is 2. The summed E-state index contributed by atoms with van der Waals surface area (Å²) in [5.41, 5.74) is 2.93. The Bertz CT molecular complexity index is 1590. The first-order valence-corrected chi connectivity index (χ1v) is 12.6. The first-order chi connectivity index (χ1) is 17.8. The van der Waals surface area contributed by atoms with Crippen LogP contribution in [0.2, 0.25) is 0 Å². The van der Waals surface area contributed by atoms with Crippen molar-refractivity contribution in [3.63, 3.8) is 0 Å². The zero-order valence-electron chi connectivity index (χ0n) is 21.1. The Labute approximate surface area is 212 Å². The molecule has 0 saturated heterocycles. The molecule has 192 valence electrons. The molecular formula is C27H29F2N7O. The van der Waals surface area contributed by atoms with Gasteiger partial charge in [-0.1, -0.05) is 6.07 Å². The number of halogens is 2. The van der Waals surface area contributed by atoms with Gasteiger partial charge in [0.05, 0.1) is 5.69 Å². The number of fused-ring (bicyclic) bond motifs is 2. The van der Waals surface area contributed by atoms with Gasteiger partial charge in [0.25, 0.3) is 5.56 Å². The molecule has 2 aliphatic rings. The Hall–Kier alpha value is -3.66. The van der Waals surface area contributed by atoms with Crippen LogP contribution in [0.3, 0.4) is 0 Å². The van der Waals surface area contributed by atoms with Crippen LogP contribution in [0.1, 0.15) is 50.4 Å². The van der Waals surface area contributed by atoms with Crippen molar-refractivity contribution >= 4 is 22.7 Å². The highest BCUT2D eigenvalue weighted by molar-refractivity contribution is 5.77. The monoisotopic (exact) mass is 505 g/mol. The van der Waals surface area contributed by atoms with Gasteiger partial charge in [0, 0.05) is 29.4 Å². The third kappa shape index (κ3) is 3.81. The van der Waals surface area contributed by atoms with E-state index in [4.69, 9.17) is 0 Å². The Morgan fingerprint density at radius 2 is 1.97 bits per heavy atom. The van der Waals surface area contributed by atoms with E-state index in [0.29, 0.717) is 18.5 Å². The maximum Gasteiger partial charge on any atom is 0.278 e. The topological polar surface area (TPSA) is 89.7 Å². The Morgan fingerprint density at radius 1 is 1.16 bits per heavy atom. The van der Waals surface area contributed by atoms with Crippen molar-refractivity contribution in [2.45, 2.75) is 57.5 Å². The molecular weight excluding hydrogens is 476 g/mol. The van der Waals surface area contributed by atoms with Gasteiger partial charge in [-0.2, -0.15) is 4.98 Å². The van der Waals surface area contributed by atoms with Crippen molar-refractivity contribution in [3.8, 4) is 5.82 Å². The van der Waals surface area contributed by atoms with Crippen molar-refractivity contribution in [1.29, 1.82) is 0 Å². The average Bonchev–Trinajstić information content (AvgIpc) is 3.63. The predicted molar refractivity (Wildman–Crippen MR) is 138 cm³/mol. The van der Waals surface area contributed by atoms with Crippen molar-refractivity contribution < 1.29 is 8.78 Å². The fourth-order valence-corrected chi connectivity index (χ4v) is 5.30. The van der Waals surface area contributed by atoms with Crippen LogP contribution in [0.15, 0.2) is 41.3 Å². The lowest BCUT2D eigenvalue weighted by atomic mass is 9.85. The number of hydrogen-bond donors (Lipinski definition) is 2. The number of alkyl halides is 1. The Morgan fingerprint density at radius 3 is 2.70 bits per heavy atom. The average molecular weight is 506 g/mol. The molecule has 2 N–H and O–H groups in total. The van der Waals surface area contributed by atoms with Gasteiger partial charge in [-0.25, -0.2) is 23.7 Å². The van der Waals surface area contributed by atoms with Crippen LogP contribution < -0.4 is 16.2 Å². The number of aromatic nitrogens is 5. The molecule has 6 rings (SSSR count). The Kier molecular flexibility index (Phi) is 5.41. The van der Waals surface area contributed by atoms with Gasteiger partial charge < -0.3 is 10.6 Å². The predicted octanol–water partition coefficient (Wildman–Crippen LogP) is 4.26. The van der Waals surface area contributed by atoms with Crippen LogP contribution in [-0.4, -0.2) is 37.5 Å².